The monoisotopic (exact) mass is 321 g/mol. The maximum atomic E-state index is 11.5. The number of hydrogen-bond donors (Lipinski definition) is 1. The molecule has 0 aliphatic heterocycles. The van der Waals surface area contributed by atoms with E-state index < -0.39 is 27.6 Å². The van der Waals surface area contributed by atoms with Crippen molar-refractivity contribution in [1.82, 2.24) is 5.32 Å². The SMILES string of the molecule is O=[P+]([O-])[C@H](N[C@H](c1ccccc1)[P+](=O)[O-])c1ccccc1. The zero-order chi connectivity index (χ0) is 15.2. The van der Waals surface area contributed by atoms with E-state index in [1.807, 2.05) is 0 Å². The van der Waals surface area contributed by atoms with Crippen molar-refractivity contribution in [2.45, 2.75) is 11.6 Å². The van der Waals surface area contributed by atoms with Crippen LogP contribution < -0.4 is 15.1 Å². The number of hydrogen-bond acceptors (Lipinski definition) is 5. The summed E-state index contributed by atoms with van der Waals surface area (Å²) in [4.78, 5) is 22.9. The molecule has 5 nitrogen and oxygen atoms in total. The van der Waals surface area contributed by atoms with Crippen LogP contribution in [0.2, 0.25) is 0 Å². The molecule has 108 valence electrons. The van der Waals surface area contributed by atoms with Gasteiger partial charge in [-0.1, -0.05) is 69.8 Å². The average molecular weight is 321 g/mol. The van der Waals surface area contributed by atoms with Gasteiger partial charge in [-0.25, -0.2) is 5.32 Å². The molecule has 0 saturated heterocycles. The van der Waals surface area contributed by atoms with Gasteiger partial charge in [-0.15, -0.1) is 0 Å². The normalized spacial score (nSPS) is 15.1. The summed E-state index contributed by atoms with van der Waals surface area (Å²) >= 11 is 0. The maximum absolute atomic E-state index is 11.5. The molecule has 0 aliphatic rings. The van der Waals surface area contributed by atoms with Crippen LogP contribution in [0.4, 0.5) is 0 Å². The van der Waals surface area contributed by atoms with E-state index in [1.54, 1.807) is 60.7 Å². The van der Waals surface area contributed by atoms with Gasteiger partial charge in [0.15, 0.2) is 0 Å². The fraction of sp³-hybridized carbons (Fsp3) is 0.143. The van der Waals surface area contributed by atoms with Crippen molar-refractivity contribution in [1.29, 1.82) is 0 Å². The molecule has 0 radical (unpaired) electrons. The fourth-order valence-electron chi connectivity index (χ4n) is 1.98. The minimum absolute atomic E-state index is 0.506. The van der Waals surface area contributed by atoms with Gasteiger partial charge in [0.1, 0.15) is 0 Å². The Balaban J connectivity index is 2.30. The molecule has 0 heterocycles. The molecule has 0 fully saturated rings. The van der Waals surface area contributed by atoms with Crippen LogP contribution in [0.5, 0.6) is 0 Å². The fourth-order valence-corrected chi connectivity index (χ4v) is 3.47. The highest BCUT2D eigenvalue weighted by molar-refractivity contribution is 7.38. The van der Waals surface area contributed by atoms with Crippen molar-refractivity contribution in [3.8, 4) is 0 Å². The number of rotatable bonds is 6. The molecule has 2 aromatic carbocycles. The van der Waals surface area contributed by atoms with Gasteiger partial charge < -0.3 is 9.79 Å². The minimum atomic E-state index is -2.87. The van der Waals surface area contributed by atoms with Crippen molar-refractivity contribution in [3.63, 3.8) is 0 Å². The molecule has 21 heavy (non-hydrogen) atoms. The van der Waals surface area contributed by atoms with Crippen LogP contribution in [-0.2, 0) is 9.13 Å². The molecule has 0 aromatic heterocycles. The van der Waals surface area contributed by atoms with Gasteiger partial charge in [0.2, 0.25) is 11.6 Å². The van der Waals surface area contributed by atoms with Crippen LogP contribution in [0.3, 0.4) is 0 Å². The van der Waals surface area contributed by atoms with E-state index >= 15 is 0 Å². The lowest BCUT2D eigenvalue weighted by Gasteiger charge is -2.15. The Morgan fingerprint density at radius 2 is 1.05 bits per heavy atom. The Morgan fingerprint density at radius 1 is 0.714 bits per heavy atom. The second-order valence-corrected chi connectivity index (χ2v) is 6.54. The van der Waals surface area contributed by atoms with Gasteiger partial charge in [0, 0.05) is 11.1 Å². The average Bonchev–Trinajstić information content (AvgIpc) is 2.49. The highest BCUT2D eigenvalue weighted by Gasteiger charge is 2.33. The second kappa shape index (κ2) is 7.51. The van der Waals surface area contributed by atoms with Crippen LogP contribution in [0.25, 0.3) is 0 Å². The highest BCUT2D eigenvalue weighted by atomic mass is 31.1. The van der Waals surface area contributed by atoms with Crippen molar-refractivity contribution in [3.05, 3.63) is 71.8 Å². The van der Waals surface area contributed by atoms with Crippen LogP contribution in [-0.4, -0.2) is 0 Å². The molecule has 0 spiro atoms. The summed E-state index contributed by atoms with van der Waals surface area (Å²) in [5.74, 6) is -2.11. The standard InChI is InChI=1S/C14H13NO4P2/c16-20(17)13(11-7-3-1-4-8-11)15-14(21(18)19)12-9-5-2-6-10-12/h1-10,13-15H/t13-,14-/m0/s1. The van der Waals surface area contributed by atoms with Crippen LogP contribution in [0.15, 0.2) is 60.7 Å². The quantitative estimate of drug-likeness (QED) is 0.823. The second-order valence-electron chi connectivity index (χ2n) is 4.36. The van der Waals surface area contributed by atoms with Crippen molar-refractivity contribution in [2.24, 2.45) is 0 Å². The molecular weight excluding hydrogens is 308 g/mol. The first-order valence-corrected chi connectivity index (χ1v) is 8.72. The minimum Gasteiger partial charge on any atom is -0.594 e. The van der Waals surface area contributed by atoms with E-state index in [9.17, 15) is 18.9 Å². The third-order valence-electron chi connectivity index (χ3n) is 2.97. The lowest BCUT2D eigenvalue weighted by molar-refractivity contribution is -0.169. The summed E-state index contributed by atoms with van der Waals surface area (Å²) in [5, 5.41) is 2.69. The van der Waals surface area contributed by atoms with Gasteiger partial charge in [-0.2, -0.15) is 0 Å². The smallest absolute Gasteiger partial charge is 0.333 e. The first kappa shape index (κ1) is 15.9. The number of benzene rings is 2. The molecular formula is C14H13NO4P2. The first-order valence-electron chi connectivity index (χ1n) is 6.22. The Bertz CT molecular complexity index is 566. The topological polar surface area (TPSA) is 92.3 Å². The van der Waals surface area contributed by atoms with Gasteiger partial charge in [0.05, 0.1) is 0 Å². The van der Waals surface area contributed by atoms with Gasteiger partial charge in [0.25, 0.3) is 0 Å². The van der Waals surface area contributed by atoms with E-state index in [4.69, 9.17) is 0 Å². The molecule has 7 heteroatoms. The zero-order valence-corrected chi connectivity index (χ0v) is 12.7. The predicted octanol–water partition coefficient (Wildman–Crippen LogP) is 2.18. The number of nitrogens with one attached hydrogen (secondary N) is 1. The molecule has 4 atom stereocenters. The summed E-state index contributed by atoms with van der Waals surface area (Å²) in [6.45, 7) is 0. The summed E-state index contributed by atoms with van der Waals surface area (Å²) in [5.41, 5.74) is 1.01. The first-order chi connectivity index (χ1) is 10.1. The van der Waals surface area contributed by atoms with E-state index in [0.29, 0.717) is 11.1 Å². The molecule has 2 unspecified atom stereocenters. The van der Waals surface area contributed by atoms with Gasteiger partial charge >= 0.3 is 16.1 Å². The van der Waals surface area contributed by atoms with Crippen LogP contribution in [0.1, 0.15) is 22.7 Å². The lowest BCUT2D eigenvalue weighted by Crippen LogP contribution is -2.26. The molecule has 0 aliphatic carbocycles. The molecule has 2 aromatic rings. The summed E-state index contributed by atoms with van der Waals surface area (Å²) in [6, 6.07) is 16.9. The molecule has 2 rings (SSSR count). The van der Waals surface area contributed by atoms with E-state index in [-0.39, 0.29) is 0 Å². The van der Waals surface area contributed by atoms with Gasteiger partial charge in [-0.05, 0) is 0 Å². The third kappa shape index (κ3) is 4.24. The Hall–Kier alpha value is -1.48. The third-order valence-corrected chi connectivity index (χ3v) is 4.71. The zero-order valence-electron chi connectivity index (χ0n) is 11.0. The van der Waals surface area contributed by atoms with Crippen molar-refractivity contribution < 1.29 is 18.9 Å². The molecule has 0 saturated carbocycles. The van der Waals surface area contributed by atoms with Crippen LogP contribution >= 0.6 is 16.1 Å². The van der Waals surface area contributed by atoms with Crippen LogP contribution in [0, 0.1) is 0 Å². The molecule has 0 amide bonds. The summed E-state index contributed by atoms with van der Waals surface area (Å²) < 4.78 is 22.9. The van der Waals surface area contributed by atoms with E-state index in [2.05, 4.69) is 5.32 Å². The van der Waals surface area contributed by atoms with Crippen molar-refractivity contribution in [2.75, 3.05) is 0 Å². The van der Waals surface area contributed by atoms with E-state index in [0.717, 1.165) is 0 Å². The van der Waals surface area contributed by atoms with Crippen molar-refractivity contribution >= 4 is 16.1 Å². The Morgan fingerprint density at radius 3 is 1.33 bits per heavy atom. The largest absolute Gasteiger partial charge is 0.594 e. The summed E-state index contributed by atoms with van der Waals surface area (Å²) in [6.07, 6.45) is 0. The predicted molar refractivity (Wildman–Crippen MR) is 76.7 cm³/mol. The molecule has 0 bridgehead atoms. The highest BCUT2D eigenvalue weighted by Crippen LogP contribution is 2.39. The molecule has 1 N–H and O–H groups in total. The Labute approximate surface area is 124 Å². The summed E-state index contributed by atoms with van der Waals surface area (Å²) in [7, 11) is -5.73. The maximum Gasteiger partial charge on any atom is 0.333 e. The van der Waals surface area contributed by atoms with E-state index in [1.165, 1.54) is 0 Å². The van der Waals surface area contributed by atoms with Gasteiger partial charge in [-0.3, -0.25) is 0 Å². The Kier molecular flexibility index (Phi) is 5.68. The lowest BCUT2D eigenvalue weighted by atomic mass is 10.2.